The molecule has 0 saturated carbocycles. The van der Waals surface area contributed by atoms with Crippen LogP contribution in [0.4, 0.5) is 13.2 Å². The van der Waals surface area contributed by atoms with Crippen LogP contribution < -0.4 is 5.32 Å². The Bertz CT molecular complexity index is 465. The molecule has 0 spiro atoms. The number of ether oxygens (including phenoxy) is 1. The maximum Gasteiger partial charge on any atom is 0.401 e. The monoisotopic (exact) mass is 295 g/mol. The molecule has 1 aromatic carbocycles. The Hall–Kier alpha value is -1.27. The van der Waals surface area contributed by atoms with E-state index in [1.54, 1.807) is 12.1 Å². The molecule has 0 aromatic heterocycles. The van der Waals surface area contributed by atoms with Gasteiger partial charge in [0.2, 0.25) is 0 Å². The third-order valence-electron chi connectivity index (χ3n) is 2.65. The first-order chi connectivity index (χ1) is 8.70. The molecule has 0 radical (unpaired) electrons. The molecule has 0 aliphatic rings. The largest absolute Gasteiger partial charge is 0.467 e. The van der Waals surface area contributed by atoms with Crippen molar-refractivity contribution in [2.75, 3.05) is 13.7 Å². The Labute approximate surface area is 113 Å². The summed E-state index contributed by atoms with van der Waals surface area (Å²) in [6.07, 6.45) is -4.45. The van der Waals surface area contributed by atoms with Crippen molar-refractivity contribution in [3.05, 3.63) is 34.9 Å². The van der Waals surface area contributed by atoms with E-state index in [1.807, 2.05) is 0 Å². The molecule has 1 unspecified atom stereocenters. The molecule has 0 saturated heterocycles. The maximum atomic E-state index is 12.3. The highest BCUT2D eigenvalue weighted by Crippen LogP contribution is 2.30. The van der Waals surface area contributed by atoms with Crippen molar-refractivity contribution in [1.29, 1.82) is 0 Å². The van der Waals surface area contributed by atoms with E-state index in [0.717, 1.165) is 7.11 Å². The van der Waals surface area contributed by atoms with Gasteiger partial charge in [0.1, 0.15) is 5.54 Å². The van der Waals surface area contributed by atoms with Crippen molar-refractivity contribution in [1.82, 2.24) is 5.32 Å². The molecule has 1 atom stereocenters. The van der Waals surface area contributed by atoms with Gasteiger partial charge in [-0.2, -0.15) is 13.2 Å². The molecular formula is C12H13ClF3NO2. The third kappa shape index (κ3) is 3.84. The molecule has 0 aliphatic heterocycles. The minimum absolute atomic E-state index is 0.185. The number of nitrogens with one attached hydrogen (secondary N) is 1. The molecule has 1 aromatic rings. The molecule has 0 fully saturated rings. The number of alkyl halides is 3. The van der Waals surface area contributed by atoms with E-state index in [9.17, 15) is 18.0 Å². The lowest BCUT2D eigenvalue weighted by Gasteiger charge is -2.29. The molecule has 0 heterocycles. The standard InChI is InChI=1S/C12H13ClF3NO2/c1-11(10(18)19-2,17-7-12(14,15)16)8-5-3-4-6-9(8)13/h3-6,17H,7H2,1-2H3. The average molecular weight is 296 g/mol. The van der Waals surface area contributed by atoms with Crippen LogP contribution in [0.25, 0.3) is 0 Å². The Balaban J connectivity index is 3.14. The van der Waals surface area contributed by atoms with Crippen LogP contribution in [0.15, 0.2) is 24.3 Å². The van der Waals surface area contributed by atoms with E-state index < -0.39 is 24.2 Å². The molecule has 0 aliphatic carbocycles. The zero-order chi connectivity index (χ0) is 14.7. The summed E-state index contributed by atoms with van der Waals surface area (Å²) in [5.74, 6) is -0.843. The minimum atomic E-state index is -4.45. The SMILES string of the molecule is COC(=O)C(C)(NCC(F)(F)F)c1ccccc1Cl. The van der Waals surface area contributed by atoms with Crippen molar-refractivity contribution < 1.29 is 22.7 Å². The van der Waals surface area contributed by atoms with Crippen molar-refractivity contribution in [3.63, 3.8) is 0 Å². The van der Waals surface area contributed by atoms with E-state index in [1.165, 1.54) is 19.1 Å². The van der Waals surface area contributed by atoms with E-state index in [2.05, 4.69) is 10.1 Å². The highest BCUT2D eigenvalue weighted by molar-refractivity contribution is 6.31. The Morgan fingerprint density at radius 3 is 2.42 bits per heavy atom. The molecule has 3 nitrogen and oxygen atoms in total. The number of esters is 1. The molecule has 7 heteroatoms. The van der Waals surface area contributed by atoms with Gasteiger partial charge in [-0.25, -0.2) is 4.79 Å². The van der Waals surface area contributed by atoms with Crippen molar-refractivity contribution >= 4 is 17.6 Å². The lowest BCUT2D eigenvalue weighted by atomic mass is 9.92. The molecule has 0 bridgehead atoms. The second kappa shape index (κ2) is 5.79. The first kappa shape index (κ1) is 15.8. The van der Waals surface area contributed by atoms with Gasteiger partial charge in [0, 0.05) is 10.6 Å². The van der Waals surface area contributed by atoms with Crippen LogP contribution in [0.3, 0.4) is 0 Å². The second-order valence-corrected chi connectivity index (χ2v) is 4.47. The first-order valence-corrected chi connectivity index (χ1v) is 5.73. The zero-order valence-corrected chi connectivity index (χ0v) is 11.1. The lowest BCUT2D eigenvalue weighted by Crippen LogP contribution is -2.50. The van der Waals surface area contributed by atoms with Crippen LogP contribution in [0.2, 0.25) is 5.02 Å². The summed E-state index contributed by atoms with van der Waals surface area (Å²) in [5.41, 5.74) is -1.43. The van der Waals surface area contributed by atoms with Gasteiger partial charge in [0.05, 0.1) is 13.7 Å². The second-order valence-electron chi connectivity index (χ2n) is 4.07. The van der Waals surface area contributed by atoms with Gasteiger partial charge >= 0.3 is 12.1 Å². The Morgan fingerprint density at radius 2 is 1.95 bits per heavy atom. The summed E-state index contributed by atoms with van der Waals surface area (Å²) < 4.78 is 41.5. The summed E-state index contributed by atoms with van der Waals surface area (Å²) in [6.45, 7) is -0.0321. The van der Waals surface area contributed by atoms with Gasteiger partial charge in [-0.15, -0.1) is 0 Å². The van der Waals surface area contributed by atoms with Crippen LogP contribution >= 0.6 is 11.6 Å². The Morgan fingerprint density at radius 1 is 1.37 bits per heavy atom. The number of hydrogen-bond donors (Lipinski definition) is 1. The van der Waals surface area contributed by atoms with E-state index >= 15 is 0 Å². The van der Waals surface area contributed by atoms with E-state index in [0.29, 0.717) is 0 Å². The van der Waals surface area contributed by atoms with Crippen LogP contribution in [0.5, 0.6) is 0 Å². The summed E-state index contributed by atoms with van der Waals surface area (Å²) in [6, 6.07) is 6.17. The van der Waals surface area contributed by atoms with Crippen LogP contribution in [-0.2, 0) is 15.1 Å². The van der Waals surface area contributed by atoms with Crippen molar-refractivity contribution in [2.24, 2.45) is 0 Å². The number of carbonyl (C=O) groups is 1. The fourth-order valence-electron chi connectivity index (χ4n) is 1.63. The fourth-order valence-corrected chi connectivity index (χ4v) is 1.95. The summed E-state index contributed by atoms with van der Waals surface area (Å²) in [4.78, 5) is 11.8. The predicted molar refractivity (Wildman–Crippen MR) is 64.9 cm³/mol. The molecule has 0 amide bonds. The van der Waals surface area contributed by atoms with E-state index in [4.69, 9.17) is 11.6 Å². The number of carbonyl (C=O) groups excluding carboxylic acids is 1. The van der Waals surface area contributed by atoms with Gasteiger partial charge in [0.25, 0.3) is 0 Å². The number of rotatable bonds is 4. The molecule has 1 N–H and O–H groups in total. The summed E-state index contributed by atoms with van der Waals surface area (Å²) >= 11 is 5.93. The summed E-state index contributed by atoms with van der Waals surface area (Å²) in [5, 5.41) is 2.35. The van der Waals surface area contributed by atoms with Crippen LogP contribution in [-0.4, -0.2) is 25.8 Å². The fraction of sp³-hybridized carbons (Fsp3) is 0.417. The van der Waals surface area contributed by atoms with Gasteiger partial charge in [-0.3, -0.25) is 5.32 Å². The third-order valence-corrected chi connectivity index (χ3v) is 2.98. The maximum absolute atomic E-state index is 12.3. The first-order valence-electron chi connectivity index (χ1n) is 5.36. The van der Waals surface area contributed by atoms with Crippen LogP contribution in [0.1, 0.15) is 12.5 Å². The number of halogens is 4. The average Bonchev–Trinajstić information content (AvgIpc) is 2.34. The highest BCUT2D eigenvalue weighted by Gasteiger charge is 2.41. The number of hydrogen-bond acceptors (Lipinski definition) is 3. The minimum Gasteiger partial charge on any atom is -0.467 e. The van der Waals surface area contributed by atoms with Crippen molar-refractivity contribution in [3.8, 4) is 0 Å². The molecule has 106 valence electrons. The topological polar surface area (TPSA) is 38.3 Å². The summed E-state index contributed by atoms with van der Waals surface area (Å²) in [7, 11) is 1.10. The molecule has 19 heavy (non-hydrogen) atoms. The van der Waals surface area contributed by atoms with Crippen LogP contribution in [0, 0.1) is 0 Å². The number of methoxy groups -OCH3 is 1. The lowest BCUT2D eigenvalue weighted by molar-refractivity contribution is -0.153. The van der Waals surface area contributed by atoms with Crippen molar-refractivity contribution in [2.45, 2.75) is 18.6 Å². The molecule has 1 rings (SSSR count). The van der Waals surface area contributed by atoms with Gasteiger partial charge in [0.15, 0.2) is 0 Å². The molecular weight excluding hydrogens is 283 g/mol. The van der Waals surface area contributed by atoms with E-state index in [-0.39, 0.29) is 10.6 Å². The number of benzene rings is 1. The predicted octanol–water partition coefficient (Wildman–Crippen LogP) is 2.88. The zero-order valence-electron chi connectivity index (χ0n) is 10.3. The van der Waals surface area contributed by atoms with Gasteiger partial charge in [-0.1, -0.05) is 29.8 Å². The highest BCUT2D eigenvalue weighted by atomic mass is 35.5. The quantitative estimate of drug-likeness (QED) is 0.868. The van der Waals surface area contributed by atoms with Gasteiger partial charge < -0.3 is 4.74 Å². The Kier molecular flexibility index (Phi) is 4.81. The normalized spacial score (nSPS) is 14.8. The smallest absolute Gasteiger partial charge is 0.401 e. The van der Waals surface area contributed by atoms with Gasteiger partial charge in [-0.05, 0) is 13.0 Å².